The molecule has 0 saturated heterocycles. The zero-order valence-electron chi connectivity index (χ0n) is 14.4. The minimum absolute atomic E-state index is 0.0848. The molecule has 2 aromatic heterocycles. The monoisotopic (exact) mass is 390 g/mol. The summed E-state index contributed by atoms with van der Waals surface area (Å²) in [5.74, 6) is 0.0848. The molecule has 0 aliphatic carbocycles. The Morgan fingerprint density at radius 2 is 1.84 bits per heavy atom. The van der Waals surface area contributed by atoms with Gasteiger partial charge in [-0.15, -0.1) is 22.7 Å². The molecule has 0 bridgehead atoms. The number of halogens is 1. The summed E-state index contributed by atoms with van der Waals surface area (Å²) in [7, 11) is 1.83. The summed E-state index contributed by atoms with van der Waals surface area (Å²) < 4.78 is 0.746. The molecule has 0 radical (unpaired) electrons. The van der Waals surface area contributed by atoms with Crippen LogP contribution in [0.25, 0.3) is 11.3 Å². The van der Waals surface area contributed by atoms with Gasteiger partial charge < -0.3 is 4.90 Å². The van der Waals surface area contributed by atoms with Gasteiger partial charge >= 0.3 is 0 Å². The molecule has 130 valence electrons. The third-order valence-corrected chi connectivity index (χ3v) is 6.08. The zero-order chi connectivity index (χ0) is 18.0. The number of likely N-dealkylation sites (N-methyl/N-ethyl adjacent to an activating group) is 1. The Kier molecular flexibility index (Phi) is 5.57. The number of carbonyl (C=O) groups excluding carboxylic acids is 1. The van der Waals surface area contributed by atoms with Crippen molar-refractivity contribution in [3.63, 3.8) is 0 Å². The minimum Gasteiger partial charge on any atom is -0.340 e. The number of rotatable bonds is 5. The van der Waals surface area contributed by atoms with Gasteiger partial charge in [0.2, 0.25) is 5.91 Å². The van der Waals surface area contributed by atoms with Crippen LogP contribution in [0.4, 0.5) is 0 Å². The van der Waals surface area contributed by atoms with Crippen molar-refractivity contribution in [3.8, 4) is 11.3 Å². The number of thiophene rings is 1. The Labute approximate surface area is 160 Å². The second kappa shape index (κ2) is 7.68. The Bertz CT molecular complexity index is 883. The molecule has 0 N–H and O–H groups in total. The predicted molar refractivity (Wildman–Crippen MR) is 107 cm³/mol. The second-order valence-electron chi connectivity index (χ2n) is 6.00. The van der Waals surface area contributed by atoms with E-state index in [2.05, 4.69) is 36.2 Å². The smallest absolute Gasteiger partial charge is 0.227 e. The van der Waals surface area contributed by atoms with E-state index >= 15 is 0 Å². The SMILES string of the molecule is Cc1ccc(-c2nc(C)sc2CC(=O)N(C)Cc2ccc(Cl)s2)cc1. The van der Waals surface area contributed by atoms with Crippen LogP contribution in [0, 0.1) is 13.8 Å². The van der Waals surface area contributed by atoms with Gasteiger partial charge in [-0.1, -0.05) is 41.4 Å². The van der Waals surface area contributed by atoms with Gasteiger partial charge in [0.25, 0.3) is 0 Å². The third-order valence-electron chi connectivity index (χ3n) is 3.89. The van der Waals surface area contributed by atoms with Crippen LogP contribution in [0.2, 0.25) is 4.34 Å². The molecule has 0 saturated carbocycles. The van der Waals surface area contributed by atoms with Gasteiger partial charge in [-0.05, 0) is 26.0 Å². The van der Waals surface area contributed by atoms with Crippen molar-refractivity contribution in [1.29, 1.82) is 0 Å². The van der Waals surface area contributed by atoms with Crippen molar-refractivity contribution in [3.05, 3.63) is 61.1 Å². The Hall–Kier alpha value is -1.69. The van der Waals surface area contributed by atoms with Gasteiger partial charge in [-0.2, -0.15) is 0 Å². The lowest BCUT2D eigenvalue weighted by Gasteiger charge is -2.16. The number of carbonyl (C=O) groups is 1. The van der Waals surface area contributed by atoms with E-state index < -0.39 is 0 Å². The van der Waals surface area contributed by atoms with Gasteiger partial charge in [0.15, 0.2) is 0 Å². The summed E-state index contributed by atoms with van der Waals surface area (Å²) >= 11 is 9.06. The lowest BCUT2D eigenvalue weighted by Crippen LogP contribution is -2.27. The second-order valence-corrected chi connectivity index (χ2v) is 9.09. The van der Waals surface area contributed by atoms with Crippen LogP contribution in [0.15, 0.2) is 36.4 Å². The highest BCUT2D eigenvalue weighted by Crippen LogP contribution is 2.29. The molecular formula is C19H19ClN2OS2. The first-order chi connectivity index (χ1) is 11.9. The maximum absolute atomic E-state index is 12.6. The lowest BCUT2D eigenvalue weighted by atomic mass is 10.1. The molecule has 1 aromatic carbocycles. The number of aromatic nitrogens is 1. The number of aryl methyl sites for hydroxylation is 2. The molecule has 0 atom stereocenters. The highest BCUT2D eigenvalue weighted by Gasteiger charge is 2.17. The van der Waals surface area contributed by atoms with Crippen molar-refractivity contribution in [2.75, 3.05) is 7.05 Å². The number of amides is 1. The topological polar surface area (TPSA) is 33.2 Å². The van der Waals surface area contributed by atoms with Gasteiger partial charge in [-0.25, -0.2) is 4.98 Å². The number of nitrogens with zero attached hydrogens (tertiary/aromatic N) is 2. The van der Waals surface area contributed by atoms with E-state index in [-0.39, 0.29) is 5.91 Å². The first-order valence-electron chi connectivity index (χ1n) is 7.94. The summed E-state index contributed by atoms with van der Waals surface area (Å²) in [6, 6.07) is 12.1. The van der Waals surface area contributed by atoms with Gasteiger partial charge in [-0.3, -0.25) is 4.79 Å². The zero-order valence-corrected chi connectivity index (χ0v) is 16.8. The molecule has 1 amide bonds. The van der Waals surface area contributed by atoms with Crippen LogP contribution < -0.4 is 0 Å². The van der Waals surface area contributed by atoms with Crippen LogP contribution in [0.1, 0.15) is 20.3 Å². The Morgan fingerprint density at radius 3 is 2.48 bits per heavy atom. The molecular weight excluding hydrogens is 372 g/mol. The van der Waals surface area contributed by atoms with Crippen molar-refractivity contribution in [2.24, 2.45) is 0 Å². The van der Waals surface area contributed by atoms with E-state index in [1.54, 1.807) is 16.2 Å². The highest BCUT2D eigenvalue weighted by molar-refractivity contribution is 7.16. The minimum atomic E-state index is 0.0848. The largest absolute Gasteiger partial charge is 0.340 e. The van der Waals surface area contributed by atoms with Crippen LogP contribution >= 0.6 is 34.3 Å². The molecule has 0 aliphatic heterocycles. The van der Waals surface area contributed by atoms with Crippen molar-refractivity contribution >= 4 is 40.2 Å². The van der Waals surface area contributed by atoms with Crippen molar-refractivity contribution < 1.29 is 4.79 Å². The van der Waals surface area contributed by atoms with Crippen LogP contribution in [0.3, 0.4) is 0 Å². The molecule has 2 heterocycles. The van der Waals surface area contributed by atoms with E-state index in [1.165, 1.54) is 16.9 Å². The lowest BCUT2D eigenvalue weighted by molar-refractivity contribution is -0.129. The predicted octanol–water partition coefficient (Wildman–Crippen LogP) is 5.34. The average molecular weight is 391 g/mol. The molecule has 0 fully saturated rings. The quantitative estimate of drug-likeness (QED) is 0.588. The molecule has 25 heavy (non-hydrogen) atoms. The fourth-order valence-electron chi connectivity index (χ4n) is 2.56. The highest BCUT2D eigenvalue weighted by atomic mass is 35.5. The normalized spacial score (nSPS) is 10.9. The van der Waals surface area contributed by atoms with E-state index in [0.29, 0.717) is 13.0 Å². The molecule has 3 nitrogen and oxygen atoms in total. The molecule has 0 spiro atoms. The van der Waals surface area contributed by atoms with E-state index in [9.17, 15) is 4.79 Å². The summed E-state index contributed by atoms with van der Waals surface area (Å²) in [4.78, 5) is 21.1. The maximum Gasteiger partial charge on any atom is 0.227 e. The molecule has 0 unspecified atom stereocenters. The van der Waals surface area contributed by atoms with Crippen LogP contribution in [-0.2, 0) is 17.8 Å². The molecule has 3 aromatic rings. The summed E-state index contributed by atoms with van der Waals surface area (Å²) in [5, 5.41) is 0.978. The fraction of sp³-hybridized carbons (Fsp3) is 0.263. The standard InChI is InChI=1S/C19H19ClN2OS2/c1-12-4-6-14(7-5-12)19-16(24-13(2)21-19)10-18(23)22(3)11-15-8-9-17(20)25-15/h4-9H,10-11H2,1-3H3. The number of benzene rings is 1. The van der Waals surface area contributed by atoms with Crippen molar-refractivity contribution in [1.82, 2.24) is 9.88 Å². The number of thiazole rings is 1. The van der Waals surface area contributed by atoms with Crippen molar-refractivity contribution in [2.45, 2.75) is 26.8 Å². The van der Waals surface area contributed by atoms with E-state index in [4.69, 9.17) is 11.6 Å². The molecule has 6 heteroatoms. The molecule has 0 aliphatic rings. The number of hydrogen-bond acceptors (Lipinski definition) is 4. The summed E-state index contributed by atoms with van der Waals surface area (Å²) in [6.07, 6.45) is 0.365. The summed E-state index contributed by atoms with van der Waals surface area (Å²) in [5.41, 5.74) is 3.19. The fourth-order valence-corrected chi connectivity index (χ4v) is 4.65. The first kappa shape index (κ1) is 18.1. The van der Waals surface area contributed by atoms with Gasteiger partial charge in [0.05, 0.1) is 28.0 Å². The average Bonchev–Trinajstić information content (AvgIpc) is 3.13. The van der Waals surface area contributed by atoms with Crippen LogP contribution in [-0.4, -0.2) is 22.8 Å². The Balaban J connectivity index is 1.76. The van der Waals surface area contributed by atoms with Gasteiger partial charge in [0.1, 0.15) is 0 Å². The van der Waals surface area contributed by atoms with E-state index in [1.807, 2.05) is 26.1 Å². The van der Waals surface area contributed by atoms with Gasteiger partial charge in [0, 0.05) is 22.4 Å². The number of hydrogen-bond donors (Lipinski definition) is 0. The van der Waals surface area contributed by atoms with E-state index in [0.717, 1.165) is 30.4 Å². The third kappa shape index (κ3) is 4.48. The first-order valence-corrected chi connectivity index (χ1v) is 9.95. The Morgan fingerprint density at radius 1 is 1.12 bits per heavy atom. The molecule has 3 rings (SSSR count). The van der Waals surface area contributed by atoms with Crippen LogP contribution in [0.5, 0.6) is 0 Å². The maximum atomic E-state index is 12.6. The summed E-state index contributed by atoms with van der Waals surface area (Å²) in [6.45, 7) is 4.62.